The number of carbonyl (C=O) groups excluding carboxylic acids is 2. The first-order chi connectivity index (χ1) is 11.6. The Labute approximate surface area is 139 Å². The van der Waals surface area contributed by atoms with E-state index in [1.54, 1.807) is 11.9 Å². The lowest BCUT2D eigenvalue weighted by Crippen LogP contribution is -2.20. The van der Waals surface area contributed by atoms with E-state index in [2.05, 4.69) is 10.3 Å². The smallest absolute Gasteiger partial charge is 0.231 e. The van der Waals surface area contributed by atoms with Gasteiger partial charge in [-0.3, -0.25) is 9.59 Å². The number of amides is 2. The van der Waals surface area contributed by atoms with E-state index in [4.69, 9.17) is 0 Å². The number of aromatic amines is 1. The van der Waals surface area contributed by atoms with Crippen molar-refractivity contribution in [2.45, 2.75) is 12.8 Å². The van der Waals surface area contributed by atoms with Gasteiger partial charge in [0.05, 0.1) is 12.8 Å². The second kappa shape index (κ2) is 5.53. The number of likely N-dealkylation sites (N-methyl/N-ethyl adjacent to an activating group) is 1. The van der Waals surface area contributed by atoms with Crippen molar-refractivity contribution in [3.8, 4) is 0 Å². The van der Waals surface area contributed by atoms with Gasteiger partial charge in [0.1, 0.15) is 0 Å². The highest BCUT2D eigenvalue weighted by atomic mass is 16.2. The molecule has 4 rings (SSSR count). The second-order valence-corrected chi connectivity index (χ2v) is 6.06. The van der Waals surface area contributed by atoms with E-state index >= 15 is 0 Å². The first-order valence-corrected chi connectivity index (χ1v) is 7.86. The number of hydrogen-bond donors (Lipinski definition) is 2. The van der Waals surface area contributed by atoms with Crippen molar-refractivity contribution in [1.29, 1.82) is 0 Å². The Hall–Kier alpha value is -3.08. The number of rotatable bonds is 3. The van der Waals surface area contributed by atoms with Crippen LogP contribution in [0.5, 0.6) is 0 Å². The third-order valence-corrected chi connectivity index (χ3v) is 4.47. The molecule has 2 heterocycles. The maximum absolute atomic E-state index is 12.4. The first-order valence-electron chi connectivity index (χ1n) is 7.86. The van der Waals surface area contributed by atoms with Gasteiger partial charge >= 0.3 is 0 Å². The molecule has 3 aromatic rings. The number of aromatic nitrogens is 1. The van der Waals surface area contributed by atoms with Crippen LogP contribution >= 0.6 is 0 Å². The van der Waals surface area contributed by atoms with Crippen molar-refractivity contribution >= 4 is 34.1 Å². The van der Waals surface area contributed by atoms with E-state index in [0.29, 0.717) is 12.8 Å². The minimum atomic E-state index is -0.0719. The number of nitrogens with one attached hydrogen (secondary N) is 2. The summed E-state index contributed by atoms with van der Waals surface area (Å²) in [5, 5.41) is 3.99. The zero-order chi connectivity index (χ0) is 16.7. The number of fused-ring (bicyclic) bond motifs is 2. The van der Waals surface area contributed by atoms with Crippen LogP contribution in [0.25, 0.3) is 10.9 Å². The average molecular weight is 319 g/mol. The van der Waals surface area contributed by atoms with Crippen LogP contribution in [0.4, 0.5) is 11.4 Å². The van der Waals surface area contributed by atoms with Gasteiger partial charge in [-0.1, -0.05) is 18.2 Å². The molecule has 5 nitrogen and oxygen atoms in total. The quantitative estimate of drug-likeness (QED) is 0.779. The molecule has 0 atom stereocenters. The summed E-state index contributed by atoms with van der Waals surface area (Å²) in [6.07, 6.45) is 2.57. The van der Waals surface area contributed by atoms with E-state index < -0.39 is 0 Å². The van der Waals surface area contributed by atoms with E-state index in [9.17, 15) is 9.59 Å². The largest absolute Gasteiger partial charge is 0.361 e. The van der Waals surface area contributed by atoms with Crippen LogP contribution in [-0.2, 0) is 22.4 Å². The Bertz CT molecular complexity index is 958. The fourth-order valence-electron chi connectivity index (χ4n) is 3.20. The highest BCUT2D eigenvalue weighted by Gasteiger charge is 2.24. The molecular weight excluding hydrogens is 302 g/mol. The highest BCUT2D eigenvalue weighted by molar-refractivity contribution is 6.02. The highest BCUT2D eigenvalue weighted by Crippen LogP contribution is 2.30. The van der Waals surface area contributed by atoms with Crippen LogP contribution in [0.3, 0.4) is 0 Å². The Morgan fingerprint density at radius 3 is 2.96 bits per heavy atom. The van der Waals surface area contributed by atoms with Crippen LogP contribution in [0, 0.1) is 0 Å². The molecule has 24 heavy (non-hydrogen) atoms. The summed E-state index contributed by atoms with van der Waals surface area (Å²) in [5.41, 5.74) is 4.59. The maximum atomic E-state index is 12.4. The zero-order valence-corrected chi connectivity index (χ0v) is 13.3. The number of carbonyl (C=O) groups is 2. The molecule has 0 fully saturated rings. The van der Waals surface area contributed by atoms with Crippen LogP contribution in [0.15, 0.2) is 48.7 Å². The number of anilines is 2. The van der Waals surface area contributed by atoms with E-state index in [1.165, 1.54) is 0 Å². The van der Waals surface area contributed by atoms with Gasteiger partial charge in [-0.2, -0.15) is 0 Å². The Morgan fingerprint density at radius 2 is 2.08 bits per heavy atom. The summed E-state index contributed by atoms with van der Waals surface area (Å²) in [4.78, 5) is 28.9. The monoisotopic (exact) mass is 319 g/mol. The summed E-state index contributed by atoms with van der Waals surface area (Å²) in [6.45, 7) is 0. The van der Waals surface area contributed by atoms with Crippen molar-refractivity contribution < 1.29 is 9.59 Å². The molecule has 0 saturated carbocycles. The van der Waals surface area contributed by atoms with Crippen LogP contribution in [0.2, 0.25) is 0 Å². The summed E-state index contributed by atoms with van der Waals surface area (Å²) >= 11 is 0. The molecule has 2 amide bonds. The standard InChI is InChI=1S/C19H17N3O2/c1-22-17-7-6-14(8-12(17)10-19(22)24)21-18(23)9-13-11-20-16-5-3-2-4-15(13)16/h2-8,11,20H,9-10H2,1H3,(H,21,23). The first kappa shape index (κ1) is 14.5. The topological polar surface area (TPSA) is 65.2 Å². The summed E-state index contributed by atoms with van der Waals surface area (Å²) in [7, 11) is 1.77. The van der Waals surface area contributed by atoms with Crippen molar-refractivity contribution in [2.75, 3.05) is 17.3 Å². The molecule has 2 N–H and O–H groups in total. The average Bonchev–Trinajstić information content (AvgIpc) is 3.09. The molecule has 120 valence electrons. The third kappa shape index (κ3) is 2.44. The second-order valence-electron chi connectivity index (χ2n) is 6.06. The predicted octanol–water partition coefficient (Wildman–Crippen LogP) is 2.87. The molecule has 0 unspecified atom stereocenters. The molecular formula is C19H17N3O2. The fraction of sp³-hybridized carbons (Fsp3) is 0.158. The lowest BCUT2D eigenvalue weighted by Gasteiger charge is -2.11. The minimum Gasteiger partial charge on any atom is -0.361 e. The molecule has 0 aliphatic carbocycles. The van der Waals surface area contributed by atoms with Crippen LogP contribution in [0.1, 0.15) is 11.1 Å². The molecule has 5 heteroatoms. The van der Waals surface area contributed by atoms with E-state index in [1.807, 2.05) is 48.7 Å². The van der Waals surface area contributed by atoms with Crippen molar-refractivity contribution in [1.82, 2.24) is 4.98 Å². The summed E-state index contributed by atoms with van der Waals surface area (Å²) in [5.74, 6) is 0.00431. The van der Waals surface area contributed by atoms with E-state index in [-0.39, 0.29) is 11.8 Å². The molecule has 0 bridgehead atoms. The lowest BCUT2D eigenvalue weighted by molar-refractivity contribution is -0.117. The van der Waals surface area contributed by atoms with Crippen molar-refractivity contribution in [3.63, 3.8) is 0 Å². The molecule has 0 radical (unpaired) electrons. The summed E-state index contributed by atoms with van der Waals surface area (Å²) < 4.78 is 0. The number of nitrogens with zero attached hydrogens (tertiary/aromatic N) is 1. The maximum Gasteiger partial charge on any atom is 0.231 e. The third-order valence-electron chi connectivity index (χ3n) is 4.47. The predicted molar refractivity (Wildman–Crippen MR) is 94.2 cm³/mol. The minimum absolute atomic E-state index is 0.0719. The Morgan fingerprint density at radius 1 is 1.25 bits per heavy atom. The Kier molecular flexibility index (Phi) is 3.34. The summed E-state index contributed by atoms with van der Waals surface area (Å²) in [6, 6.07) is 13.5. The van der Waals surface area contributed by atoms with Gasteiger partial charge in [-0.05, 0) is 35.4 Å². The van der Waals surface area contributed by atoms with Crippen LogP contribution < -0.4 is 10.2 Å². The van der Waals surface area contributed by atoms with Gasteiger partial charge in [0.15, 0.2) is 0 Å². The SMILES string of the molecule is CN1C(=O)Cc2cc(NC(=O)Cc3c[nH]c4ccccc34)ccc21. The number of hydrogen-bond acceptors (Lipinski definition) is 2. The molecule has 2 aromatic carbocycles. The molecule has 1 aliphatic heterocycles. The Balaban J connectivity index is 1.51. The molecule has 0 spiro atoms. The molecule has 1 aromatic heterocycles. The number of para-hydroxylation sites is 1. The van der Waals surface area contributed by atoms with E-state index in [0.717, 1.165) is 33.4 Å². The number of benzene rings is 2. The fourth-order valence-corrected chi connectivity index (χ4v) is 3.20. The normalized spacial score (nSPS) is 13.4. The van der Waals surface area contributed by atoms with Crippen molar-refractivity contribution in [3.05, 3.63) is 59.8 Å². The van der Waals surface area contributed by atoms with Crippen molar-refractivity contribution in [2.24, 2.45) is 0 Å². The molecule has 0 saturated heterocycles. The lowest BCUT2D eigenvalue weighted by atomic mass is 10.1. The van der Waals surface area contributed by atoms with Gasteiger partial charge in [0.25, 0.3) is 0 Å². The zero-order valence-electron chi connectivity index (χ0n) is 13.3. The van der Waals surface area contributed by atoms with Crippen LogP contribution in [-0.4, -0.2) is 23.8 Å². The van der Waals surface area contributed by atoms with Gasteiger partial charge in [-0.25, -0.2) is 0 Å². The molecule has 1 aliphatic rings. The van der Waals surface area contributed by atoms with Gasteiger partial charge < -0.3 is 15.2 Å². The van der Waals surface area contributed by atoms with Gasteiger partial charge in [0, 0.05) is 35.5 Å². The van der Waals surface area contributed by atoms with Gasteiger partial charge in [0.2, 0.25) is 11.8 Å². The van der Waals surface area contributed by atoms with Gasteiger partial charge in [-0.15, -0.1) is 0 Å². The number of H-pyrrole nitrogens is 1.